The summed E-state index contributed by atoms with van der Waals surface area (Å²) in [6.07, 6.45) is -4.63. The van der Waals surface area contributed by atoms with E-state index >= 15 is 0 Å². The number of hydrogen-bond donors (Lipinski definition) is 2. The molecule has 0 radical (unpaired) electrons. The maximum Gasteiger partial charge on any atom is 0.416 e. The van der Waals surface area contributed by atoms with E-state index < -0.39 is 17.6 Å². The minimum absolute atomic E-state index is 0.0122. The largest absolute Gasteiger partial charge is 0.416 e. The maximum absolute atomic E-state index is 14.4. The number of aryl methyl sites for hydroxylation is 1. The summed E-state index contributed by atoms with van der Waals surface area (Å²) >= 11 is 6.09. The Balaban J connectivity index is 1.50. The van der Waals surface area contributed by atoms with Crippen LogP contribution in [0, 0.1) is 5.82 Å². The van der Waals surface area contributed by atoms with Crippen LogP contribution in [0.25, 0.3) is 11.0 Å². The number of rotatable bonds is 3. The van der Waals surface area contributed by atoms with Crippen LogP contribution in [0.2, 0.25) is 5.02 Å². The molecule has 4 nitrogen and oxygen atoms in total. The molecular weight excluding hydrogens is 396 g/mol. The van der Waals surface area contributed by atoms with Crippen molar-refractivity contribution in [1.29, 1.82) is 0 Å². The Morgan fingerprint density at radius 1 is 1.25 bits per heavy atom. The first-order chi connectivity index (χ1) is 13.3. The molecule has 9 heteroatoms. The van der Waals surface area contributed by atoms with E-state index in [0.717, 1.165) is 17.3 Å². The van der Waals surface area contributed by atoms with Crippen molar-refractivity contribution in [3.8, 4) is 0 Å². The molecule has 0 amide bonds. The number of benzene rings is 2. The maximum atomic E-state index is 14.4. The van der Waals surface area contributed by atoms with E-state index in [1.165, 1.54) is 0 Å². The van der Waals surface area contributed by atoms with Crippen LogP contribution in [0.5, 0.6) is 0 Å². The van der Waals surface area contributed by atoms with Crippen molar-refractivity contribution in [2.45, 2.75) is 37.6 Å². The molecule has 2 aliphatic rings. The predicted octanol–water partition coefficient (Wildman–Crippen LogP) is 5.24. The van der Waals surface area contributed by atoms with Gasteiger partial charge in [0.15, 0.2) is 0 Å². The fourth-order valence-electron chi connectivity index (χ4n) is 4.13. The van der Waals surface area contributed by atoms with Gasteiger partial charge in [-0.2, -0.15) is 13.2 Å². The fourth-order valence-corrected chi connectivity index (χ4v) is 4.31. The molecule has 1 saturated carbocycles. The zero-order valence-electron chi connectivity index (χ0n) is 14.6. The van der Waals surface area contributed by atoms with Gasteiger partial charge in [0.1, 0.15) is 11.3 Å². The lowest BCUT2D eigenvalue weighted by atomic mass is 10.1. The number of aromatic nitrogens is 2. The second kappa shape index (κ2) is 5.76. The number of fused-ring (bicyclic) bond motifs is 4. The van der Waals surface area contributed by atoms with Gasteiger partial charge in [-0.05, 0) is 42.8 Å². The molecule has 1 aliphatic heterocycles. The van der Waals surface area contributed by atoms with Crippen LogP contribution in [0.3, 0.4) is 0 Å². The second-order valence-corrected chi connectivity index (χ2v) is 7.54. The summed E-state index contributed by atoms with van der Waals surface area (Å²) in [5, 5.41) is 7.32. The molecular formula is C19H15ClF4N4. The Labute approximate surface area is 162 Å². The molecule has 2 N–H and O–H groups in total. The molecule has 0 saturated heterocycles. The van der Waals surface area contributed by atoms with Crippen molar-refractivity contribution in [1.82, 2.24) is 9.55 Å². The van der Waals surface area contributed by atoms with Crippen molar-refractivity contribution in [3.63, 3.8) is 0 Å². The third-order valence-electron chi connectivity index (χ3n) is 5.45. The molecule has 2 aromatic carbocycles. The van der Waals surface area contributed by atoms with Gasteiger partial charge in [-0.1, -0.05) is 11.6 Å². The molecule has 1 aromatic heterocycles. The first-order valence-electron chi connectivity index (χ1n) is 8.87. The SMILES string of the molecule is CCn1c(NC2C3Nc4ccc(Cl)cc4C32)nc2cc(C(F)(F)F)cc(F)c21. The highest BCUT2D eigenvalue weighted by molar-refractivity contribution is 6.30. The second-order valence-electron chi connectivity index (χ2n) is 7.10. The summed E-state index contributed by atoms with van der Waals surface area (Å²) in [5.41, 5.74) is 1.14. The molecule has 146 valence electrons. The monoisotopic (exact) mass is 410 g/mol. The third kappa shape index (κ3) is 2.54. The Hall–Kier alpha value is -2.48. The van der Waals surface area contributed by atoms with Crippen molar-refractivity contribution in [3.05, 3.63) is 52.3 Å². The molecule has 0 spiro atoms. The zero-order valence-corrected chi connectivity index (χ0v) is 15.4. The van der Waals surface area contributed by atoms with Crippen molar-refractivity contribution in [2.75, 3.05) is 10.6 Å². The summed E-state index contributed by atoms with van der Waals surface area (Å²) in [6, 6.07) is 7.22. The van der Waals surface area contributed by atoms with E-state index in [1.54, 1.807) is 11.5 Å². The van der Waals surface area contributed by atoms with Crippen LogP contribution in [-0.4, -0.2) is 21.6 Å². The molecule has 1 aliphatic carbocycles. The van der Waals surface area contributed by atoms with Gasteiger partial charge < -0.3 is 15.2 Å². The van der Waals surface area contributed by atoms with Crippen LogP contribution in [0.15, 0.2) is 30.3 Å². The number of nitrogens with zero attached hydrogens (tertiary/aromatic N) is 2. The first kappa shape index (κ1) is 17.6. The smallest absolute Gasteiger partial charge is 0.379 e. The number of hydrogen-bond acceptors (Lipinski definition) is 3. The third-order valence-corrected chi connectivity index (χ3v) is 5.68. The van der Waals surface area contributed by atoms with Crippen LogP contribution in [-0.2, 0) is 12.7 Å². The van der Waals surface area contributed by atoms with Crippen LogP contribution in [0.4, 0.5) is 29.2 Å². The summed E-state index contributed by atoms with van der Waals surface area (Å²) < 4.78 is 55.0. The van der Waals surface area contributed by atoms with Gasteiger partial charge in [-0.15, -0.1) is 0 Å². The number of alkyl halides is 3. The molecule has 0 bridgehead atoms. The van der Waals surface area contributed by atoms with Crippen molar-refractivity contribution >= 4 is 34.3 Å². The van der Waals surface area contributed by atoms with Gasteiger partial charge >= 0.3 is 6.18 Å². The molecule has 3 aromatic rings. The normalized spacial score (nSPS) is 22.7. The van der Waals surface area contributed by atoms with E-state index in [0.29, 0.717) is 23.6 Å². The summed E-state index contributed by atoms with van der Waals surface area (Å²) in [6.45, 7) is 2.17. The summed E-state index contributed by atoms with van der Waals surface area (Å²) in [4.78, 5) is 4.26. The van der Waals surface area contributed by atoms with Gasteiger partial charge in [0.2, 0.25) is 5.95 Å². The molecule has 3 atom stereocenters. The lowest BCUT2D eigenvalue weighted by Gasteiger charge is -2.13. The molecule has 28 heavy (non-hydrogen) atoms. The van der Waals surface area contributed by atoms with Crippen LogP contribution < -0.4 is 10.6 Å². The Kier molecular flexibility index (Phi) is 3.62. The van der Waals surface area contributed by atoms with Gasteiger partial charge in [-0.3, -0.25) is 0 Å². The van der Waals surface area contributed by atoms with Crippen LogP contribution in [0.1, 0.15) is 24.0 Å². The fraction of sp³-hybridized carbons (Fsp3) is 0.316. The lowest BCUT2D eigenvalue weighted by Crippen LogP contribution is -2.17. The number of halogens is 5. The predicted molar refractivity (Wildman–Crippen MR) is 99.4 cm³/mol. The first-order valence-corrected chi connectivity index (χ1v) is 9.25. The molecule has 3 unspecified atom stereocenters. The Bertz CT molecular complexity index is 1110. The Morgan fingerprint density at radius 2 is 2.04 bits per heavy atom. The number of nitrogens with one attached hydrogen (secondary N) is 2. The average molecular weight is 411 g/mol. The van der Waals surface area contributed by atoms with Gasteiger partial charge in [0, 0.05) is 23.2 Å². The standard InChI is InChI=1S/C19H15ClF4N4/c1-2-28-17-11(21)5-8(19(22,23)24)6-13(17)26-18(28)27-16-14-10-7-9(20)3-4-12(10)25-15(14)16/h3-7,14-16,25H,2H2,1H3,(H,26,27). The minimum Gasteiger partial charge on any atom is -0.379 e. The Morgan fingerprint density at radius 3 is 2.75 bits per heavy atom. The van der Waals surface area contributed by atoms with Crippen LogP contribution >= 0.6 is 11.6 Å². The minimum atomic E-state index is -4.63. The van der Waals surface area contributed by atoms with E-state index in [4.69, 9.17) is 11.6 Å². The summed E-state index contributed by atoms with van der Waals surface area (Å²) in [5.74, 6) is -0.381. The van der Waals surface area contributed by atoms with Gasteiger partial charge in [0.05, 0.1) is 23.2 Å². The topological polar surface area (TPSA) is 41.9 Å². The van der Waals surface area contributed by atoms with E-state index in [-0.39, 0.29) is 29.0 Å². The number of anilines is 2. The zero-order chi connectivity index (χ0) is 19.8. The van der Waals surface area contributed by atoms with Crippen molar-refractivity contribution < 1.29 is 17.6 Å². The quantitative estimate of drug-likeness (QED) is 0.580. The van der Waals surface area contributed by atoms with Crippen molar-refractivity contribution in [2.24, 2.45) is 0 Å². The lowest BCUT2D eigenvalue weighted by molar-refractivity contribution is -0.137. The van der Waals surface area contributed by atoms with E-state index in [2.05, 4.69) is 15.6 Å². The highest BCUT2D eigenvalue weighted by Crippen LogP contribution is 2.53. The molecule has 2 heterocycles. The van der Waals surface area contributed by atoms with Gasteiger partial charge in [-0.25, -0.2) is 9.37 Å². The average Bonchev–Trinajstić information content (AvgIpc) is 2.97. The van der Waals surface area contributed by atoms with Gasteiger partial charge in [0.25, 0.3) is 0 Å². The highest BCUT2D eigenvalue weighted by atomic mass is 35.5. The molecule has 1 fully saturated rings. The molecule has 5 rings (SSSR count). The summed E-state index contributed by atoms with van der Waals surface area (Å²) in [7, 11) is 0. The van der Waals surface area contributed by atoms with E-state index in [1.807, 2.05) is 18.2 Å². The number of imidazole rings is 1. The van der Waals surface area contributed by atoms with E-state index in [9.17, 15) is 17.6 Å². The highest BCUT2D eigenvalue weighted by Gasteiger charge is 2.56.